The smallest absolute Gasteiger partial charge is 0.203 e. The van der Waals surface area contributed by atoms with E-state index < -0.39 is 0 Å². The highest BCUT2D eigenvalue weighted by molar-refractivity contribution is 7.14. The van der Waals surface area contributed by atoms with Gasteiger partial charge in [-0.25, -0.2) is 14.6 Å². The number of rotatable bonds is 5. The lowest BCUT2D eigenvalue weighted by Gasteiger charge is -2.00. The van der Waals surface area contributed by atoms with Crippen LogP contribution < -0.4 is 5.43 Å². The van der Waals surface area contributed by atoms with Crippen molar-refractivity contribution >= 4 is 22.7 Å². The normalized spacial score (nSPS) is 11.0. The van der Waals surface area contributed by atoms with Crippen LogP contribution in [0, 0.1) is 0 Å². The Morgan fingerprint density at radius 1 is 1.04 bits per heavy atom. The second-order valence-electron chi connectivity index (χ2n) is 5.21. The van der Waals surface area contributed by atoms with Crippen LogP contribution in [0.3, 0.4) is 0 Å². The summed E-state index contributed by atoms with van der Waals surface area (Å²) in [6.45, 7) is 0. The van der Waals surface area contributed by atoms with Crippen LogP contribution in [0.4, 0.5) is 5.13 Å². The van der Waals surface area contributed by atoms with Gasteiger partial charge < -0.3 is 0 Å². The van der Waals surface area contributed by atoms with Gasteiger partial charge in [0.15, 0.2) is 0 Å². The molecule has 2 aromatic carbocycles. The standard InChI is InChI=1S/C18H14N6S/c1-2-4-15(5-3-1)17-11-25-18(22-17)23-20-10-14-6-8-16(9-7-14)24-13-19-12-21-24/h1-13H,(H,22,23). The quantitative estimate of drug-likeness (QED) is 0.440. The predicted octanol–water partition coefficient (Wildman–Crippen LogP) is 3.84. The zero-order chi connectivity index (χ0) is 16.9. The van der Waals surface area contributed by atoms with Crippen molar-refractivity contribution in [3.8, 4) is 16.9 Å². The summed E-state index contributed by atoms with van der Waals surface area (Å²) in [5.41, 5.74) is 6.95. The van der Waals surface area contributed by atoms with Gasteiger partial charge in [-0.05, 0) is 17.7 Å². The highest BCUT2D eigenvalue weighted by Crippen LogP contribution is 2.24. The third-order valence-corrected chi connectivity index (χ3v) is 4.27. The molecule has 0 saturated carbocycles. The number of thiazole rings is 1. The van der Waals surface area contributed by atoms with E-state index in [2.05, 4.69) is 25.6 Å². The fourth-order valence-electron chi connectivity index (χ4n) is 2.28. The Balaban J connectivity index is 1.40. The van der Waals surface area contributed by atoms with Gasteiger partial charge in [0.2, 0.25) is 5.13 Å². The van der Waals surface area contributed by atoms with E-state index in [0.29, 0.717) is 0 Å². The number of hydrogen-bond donors (Lipinski definition) is 1. The van der Waals surface area contributed by atoms with Crippen molar-refractivity contribution < 1.29 is 0 Å². The van der Waals surface area contributed by atoms with E-state index in [9.17, 15) is 0 Å². The van der Waals surface area contributed by atoms with Crippen molar-refractivity contribution in [2.45, 2.75) is 0 Å². The molecule has 0 aliphatic heterocycles. The molecule has 0 radical (unpaired) electrons. The van der Waals surface area contributed by atoms with Crippen LogP contribution in [0.5, 0.6) is 0 Å². The summed E-state index contributed by atoms with van der Waals surface area (Å²) < 4.78 is 1.71. The summed E-state index contributed by atoms with van der Waals surface area (Å²) in [6.07, 6.45) is 4.93. The Kier molecular flexibility index (Phi) is 4.30. The average Bonchev–Trinajstić information content (AvgIpc) is 3.35. The molecule has 7 heteroatoms. The molecule has 0 fully saturated rings. The summed E-state index contributed by atoms with van der Waals surface area (Å²) in [6, 6.07) is 18.0. The highest BCUT2D eigenvalue weighted by atomic mass is 32.1. The fourth-order valence-corrected chi connectivity index (χ4v) is 2.95. The van der Waals surface area contributed by atoms with Gasteiger partial charge in [0, 0.05) is 10.9 Å². The van der Waals surface area contributed by atoms with Crippen LogP contribution in [0.2, 0.25) is 0 Å². The average molecular weight is 346 g/mol. The number of aromatic nitrogens is 4. The lowest BCUT2D eigenvalue weighted by molar-refractivity contribution is 0.879. The van der Waals surface area contributed by atoms with Crippen molar-refractivity contribution in [2.24, 2.45) is 5.10 Å². The first-order valence-corrected chi connectivity index (χ1v) is 8.51. The molecule has 0 atom stereocenters. The van der Waals surface area contributed by atoms with Gasteiger partial charge in [0.1, 0.15) is 12.7 Å². The van der Waals surface area contributed by atoms with Crippen molar-refractivity contribution in [1.82, 2.24) is 19.7 Å². The van der Waals surface area contributed by atoms with E-state index in [1.807, 2.05) is 60.0 Å². The number of benzene rings is 2. The molecule has 122 valence electrons. The Morgan fingerprint density at radius 3 is 2.64 bits per heavy atom. The molecule has 2 aromatic heterocycles. The third-order valence-electron chi connectivity index (χ3n) is 3.52. The Morgan fingerprint density at radius 2 is 1.88 bits per heavy atom. The Labute approximate surface area is 148 Å². The first kappa shape index (κ1) is 15.2. The molecular formula is C18H14N6S. The topological polar surface area (TPSA) is 68.0 Å². The summed E-state index contributed by atoms with van der Waals surface area (Å²) >= 11 is 1.53. The monoisotopic (exact) mass is 346 g/mol. The molecule has 0 spiro atoms. The Hall–Kier alpha value is -3.32. The van der Waals surface area contributed by atoms with Crippen LogP contribution in [-0.4, -0.2) is 26.0 Å². The maximum Gasteiger partial charge on any atom is 0.203 e. The van der Waals surface area contributed by atoms with Gasteiger partial charge in [0.25, 0.3) is 0 Å². The van der Waals surface area contributed by atoms with Crippen molar-refractivity contribution in [1.29, 1.82) is 0 Å². The summed E-state index contributed by atoms with van der Waals surface area (Å²) in [5, 5.41) is 11.1. The lowest BCUT2D eigenvalue weighted by atomic mass is 10.2. The van der Waals surface area contributed by atoms with E-state index in [4.69, 9.17) is 0 Å². The van der Waals surface area contributed by atoms with Gasteiger partial charge in [0.05, 0.1) is 17.6 Å². The van der Waals surface area contributed by atoms with Crippen LogP contribution in [0.15, 0.2) is 77.7 Å². The van der Waals surface area contributed by atoms with Crippen molar-refractivity contribution in [2.75, 3.05) is 5.43 Å². The Bertz CT molecular complexity index is 959. The van der Waals surface area contributed by atoms with Crippen LogP contribution in [0.25, 0.3) is 16.9 Å². The highest BCUT2D eigenvalue weighted by Gasteiger charge is 2.02. The van der Waals surface area contributed by atoms with Crippen LogP contribution >= 0.6 is 11.3 Å². The number of nitrogens with zero attached hydrogens (tertiary/aromatic N) is 5. The van der Waals surface area contributed by atoms with Gasteiger partial charge in [-0.15, -0.1) is 11.3 Å². The number of anilines is 1. The predicted molar refractivity (Wildman–Crippen MR) is 100 cm³/mol. The summed E-state index contributed by atoms with van der Waals surface area (Å²) in [7, 11) is 0. The first-order valence-electron chi connectivity index (χ1n) is 7.63. The van der Waals surface area contributed by atoms with Crippen LogP contribution in [-0.2, 0) is 0 Å². The molecule has 0 bridgehead atoms. The van der Waals surface area contributed by atoms with E-state index in [1.165, 1.54) is 17.7 Å². The zero-order valence-electron chi connectivity index (χ0n) is 13.1. The molecule has 0 unspecified atom stereocenters. The van der Waals surface area contributed by atoms with E-state index in [0.717, 1.165) is 27.6 Å². The van der Waals surface area contributed by atoms with E-state index in [1.54, 1.807) is 17.2 Å². The molecule has 0 aliphatic carbocycles. The minimum atomic E-state index is 0.759. The van der Waals surface area contributed by atoms with Gasteiger partial charge >= 0.3 is 0 Å². The van der Waals surface area contributed by atoms with E-state index >= 15 is 0 Å². The van der Waals surface area contributed by atoms with Gasteiger partial charge in [-0.1, -0.05) is 42.5 Å². The minimum absolute atomic E-state index is 0.759. The molecule has 25 heavy (non-hydrogen) atoms. The molecule has 4 rings (SSSR count). The second-order valence-corrected chi connectivity index (χ2v) is 6.06. The lowest BCUT2D eigenvalue weighted by Crippen LogP contribution is -1.95. The van der Waals surface area contributed by atoms with Gasteiger partial charge in [-0.3, -0.25) is 5.43 Å². The largest absolute Gasteiger partial charge is 0.253 e. The summed E-state index contributed by atoms with van der Waals surface area (Å²) in [5.74, 6) is 0. The number of nitrogens with one attached hydrogen (secondary N) is 1. The maximum atomic E-state index is 4.53. The zero-order valence-corrected chi connectivity index (χ0v) is 14.0. The number of hydrazone groups is 1. The SMILES string of the molecule is C(=NNc1nc(-c2ccccc2)cs1)c1ccc(-n2cncn2)cc1. The molecule has 4 aromatic rings. The maximum absolute atomic E-state index is 4.53. The van der Waals surface area contributed by atoms with Gasteiger partial charge in [-0.2, -0.15) is 10.2 Å². The second kappa shape index (κ2) is 7.06. The molecular weight excluding hydrogens is 332 g/mol. The minimum Gasteiger partial charge on any atom is -0.253 e. The molecule has 1 N–H and O–H groups in total. The van der Waals surface area contributed by atoms with Crippen LogP contribution in [0.1, 0.15) is 5.56 Å². The molecule has 0 saturated heterocycles. The molecule has 6 nitrogen and oxygen atoms in total. The molecule has 0 amide bonds. The van der Waals surface area contributed by atoms with E-state index in [-0.39, 0.29) is 0 Å². The first-order chi connectivity index (χ1) is 12.4. The molecule has 2 heterocycles. The van der Waals surface area contributed by atoms with Crippen molar-refractivity contribution in [3.63, 3.8) is 0 Å². The third kappa shape index (κ3) is 3.61. The number of hydrogen-bond acceptors (Lipinski definition) is 6. The summed E-state index contributed by atoms with van der Waals surface area (Å²) in [4.78, 5) is 8.47. The fraction of sp³-hybridized carbons (Fsp3) is 0. The molecule has 0 aliphatic rings. The van der Waals surface area contributed by atoms with Crippen molar-refractivity contribution in [3.05, 3.63) is 78.2 Å².